The molecule has 3 rings (SSSR count). The molecule has 0 spiro atoms. The lowest BCUT2D eigenvalue weighted by atomic mass is 10.2. The zero-order valence-corrected chi connectivity index (χ0v) is 18.1. The molecule has 1 aliphatic rings. The summed E-state index contributed by atoms with van der Waals surface area (Å²) in [5.41, 5.74) is 5.58. The average Bonchev–Trinajstić information content (AvgIpc) is 3.00. The Bertz CT molecular complexity index is 1120. The van der Waals surface area contributed by atoms with Gasteiger partial charge in [0.15, 0.2) is 5.17 Å². The Labute approximate surface area is 191 Å². The van der Waals surface area contributed by atoms with Crippen molar-refractivity contribution in [2.24, 2.45) is 10.7 Å². The van der Waals surface area contributed by atoms with Crippen molar-refractivity contribution in [1.29, 1.82) is 0 Å². The molecule has 1 aliphatic heterocycles. The number of hydrogen-bond acceptors (Lipinski definition) is 5. The van der Waals surface area contributed by atoms with Crippen LogP contribution in [-0.2, 0) is 9.59 Å². The number of aliphatic imine (C=N–C) groups is 1. The highest BCUT2D eigenvalue weighted by atomic mass is 35.5. The van der Waals surface area contributed by atoms with E-state index in [4.69, 9.17) is 28.9 Å². The first-order valence-electron chi connectivity index (χ1n) is 8.83. The van der Waals surface area contributed by atoms with E-state index in [1.54, 1.807) is 24.3 Å². The first-order chi connectivity index (χ1) is 14.8. The summed E-state index contributed by atoms with van der Waals surface area (Å²) in [6.45, 7) is 0. The van der Waals surface area contributed by atoms with Crippen LogP contribution < -0.4 is 16.0 Å². The van der Waals surface area contributed by atoms with Gasteiger partial charge in [0.1, 0.15) is 11.5 Å². The molecular weight excluding hydrogens is 466 g/mol. The van der Waals surface area contributed by atoms with Gasteiger partial charge in [0, 0.05) is 12.2 Å². The van der Waals surface area contributed by atoms with Gasteiger partial charge in [0.25, 0.3) is 5.91 Å². The second kappa shape index (κ2) is 9.95. The number of urea groups is 1. The highest BCUT2D eigenvalue weighted by Gasteiger charge is 2.33. The number of nitrogens with zero attached hydrogens (tertiary/aromatic N) is 2. The molecule has 0 saturated heterocycles. The molecule has 0 fully saturated rings. The van der Waals surface area contributed by atoms with E-state index in [0.717, 1.165) is 16.7 Å². The largest absolute Gasteiger partial charge is 0.351 e. The van der Waals surface area contributed by atoms with Gasteiger partial charge in [-0.05, 0) is 35.9 Å². The summed E-state index contributed by atoms with van der Waals surface area (Å²) in [5, 5.41) is 2.82. The SMILES string of the molecule is NC(=O)NC(=O)CCSC1=N/C(=C\c2ccc(Cl)c(Cl)c2)C(=O)N1c1ccccc1F. The van der Waals surface area contributed by atoms with Crippen molar-refractivity contribution in [1.82, 2.24) is 5.32 Å². The number of rotatable bonds is 5. The Morgan fingerprint density at radius 1 is 1.19 bits per heavy atom. The fourth-order valence-corrected chi connectivity index (χ4v) is 3.88. The monoisotopic (exact) mass is 480 g/mol. The third-order valence-corrected chi connectivity index (χ3v) is 5.67. The number of nitrogens with two attached hydrogens (primary N) is 1. The molecule has 0 radical (unpaired) electrons. The number of para-hydroxylation sites is 1. The van der Waals surface area contributed by atoms with Crippen LogP contribution in [-0.4, -0.2) is 28.8 Å². The summed E-state index contributed by atoms with van der Waals surface area (Å²) in [6, 6.07) is 9.64. The van der Waals surface area contributed by atoms with Gasteiger partial charge in [-0.15, -0.1) is 0 Å². The van der Waals surface area contributed by atoms with Gasteiger partial charge in [-0.3, -0.25) is 19.8 Å². The number of primary amides is 1. The number of hydrogen-bond donors (Lipinski definition) is 2. The van der Waals surface area contributed by atoms with Crippen LogP contribution in [0.25, 0.3) is 6.08 Å². The van der Waals surface area contributed by atoms with E-state index in [0.29, 0.717) is 15.6 Å². The number of anilines is 1. The minimum atomic E-state index is -0.955. The zero-order chi connectivity index (χ0) is 22.5. The normalized spacial score (nSPS) is 14.7. The van der Waals surface area contributed by atoms with Gasteiger partial charge in [-0.2, -0.15) is 0 Å². The van der Waals surface area contributed by atoms with Crippen LogP contribution in [0.2, 0.25) is 10.0 Å². The Kier molecular flexibility index (Phi) is 7.32. The lowest BCUT2D eigenvalue weighted by Gasteiger charge is -2.18. The standard InChI is InChI=1S/C20H15Cl2FN4O3S/c21-12-6-5-11(9-13(12)22)10-15-18(29)27(16-4-2-1-3-14(16)23)20(25-15)31-8-7-17(28)26-19(24)30/h1-6,9-10H,7-8H2,(H3,24,26,28,30)/b15-10-. The number of imide groups is 1. The van der Waals surface area contributed by atoms with Crippen molar-refractivity contribution in [3.05, 3.63) is 69.6 Å². The van der Waals surface area contributed by atoms with Crippen LogP contribution in [0.4, 0.5) is 14.9 Å². The van der Waals surface area contributed by atoms with Crippen molar-refractivity contribution < 1.29 is 18.8 Å². The molecule has 2 aromatic rings. The third kappa shape index (κ3) is 5.63. The third-order valence-electron chi connectivity index (χ3n) is 3.99. The first kappa shape index (κ1) is 22.8. The number of amides is 4. The van der Waals surface area contributed by atoms with Crippen molar-refractivity contribution in [3.63, 3.8) is 0 Å². The lowest BCUT2D eigenvalue weighted by molar-refractivity contribution is -0.119. The maximum Gasteiger partial charge on any atom is 0.318 e. The molecule has 0 aliphatic carbocycles. The van der Waals surface area contributed by atoms with Gasteiger partial charge in [-0.25, -0.2) is 14.2 Å². The van der Waals surface area contributed by atoms with Gasteiger partial charge in [0.2, 0.25) is 5.91 Å². The molecule has 0 aromatic heterocycles. The number of benzene rings is 2. The van der Waals surface area contributed by atoms with Crippen molar-refractivity contribution in [2.45, 2.75) is 6.42 Å². The van der Waals surface area contributed by atoms with Crippen LogP contribution >= 0.6 is 35.0 Å². The highest BCUT2D eigenvalue weighted by molar-refractivity contribution is 8.14. The number of halogens is 3. The second-order valence-corrected chi connectivity index (χ2v) is 8.08. The Morgan fingerprint density at radius 2 is 1.94 bits per heavy atom. The Morgan fingerprint density at radius 3 is 2.61 bits per heavy atom. The highest BCUT2D eigenvalue weighted by Crippen LogP contribution is 2.32. The average molecular weight is 481 g/mol. The minimum absolute atomic E-state index is 0.0258. The molecule has 7 nitrogen and oxygen atoms in total. The number of carbonyl (C=O) groups excluding carboxylic acids is 3. The smallest absolute Gasteiger partial charge is 0.318 e. The summed E-state index contributed by atoms with van der Waals surface area (Å²) in [7, 11) is 0. The van der Waals surface area contributed by atoms with Crippen LogP contribution in [0, 0.1) is 5.82 Å². The number of carbonyl (C=O) groups is 3. The molecule has 0 atom stereocenters. The fraction of sp³-hybridized carbons (Fsp3) is 0.100. The zero-order valence-electron chi connectivity index (χ0n) is 15.8. The number of amidine groups is 1. The molecule has 31 heavy (non-hydrogen) atoms. The van der Waals surface area contributed by atoms with Crippen LogP contribution in [0.5, 0.6) is 0 Å². The quantitative estimate of drug-likeness (QED) is 0.625. The summed E-state index contributed by atoms with van der Waals surface area (Å²) in [4.78, 5) is 40.9. The van der Waals surface area contributed by atoms with E-state index in [1.807, 2.05) is 5.32 Å². The van der Waals surface area contributed by atoms with E-state index in [1.165, 1.54) is 24.3 Å². The van der Waals surface area contributed by atoms with Crippen LogP contribution in [0.3, 0.4) is 0 Å². The predicted octanol–water partition coefficient (Wildman–Crippen LogP) is 4.19. The Balaban J connectivity index is 1.89. The van der Waals surface area contributed by atoms with Crippen LogP contribution in [0.15, 0.2) is 53.2 Å². The summed E-state index contributed by atoms with van der Waals surface area (Å²) in [5.74, 6) is -1.54. The summed E-state index contributed by atoms with van der Waals surface area (Å²) < 4.78 is 14.4. The topological polar surface area (TPSA) is 105 Å². The lowest BCUT2D eigenvalue weighted by Crippen LogP contribution is -2.35. The molecule has 11 heteroatoms. The molecule has 1 heterocycles. The van der Waals surface area contributed by atoms with Crippen molar-refractivity contribution >= 4 is 69.7 Å². The number of nitrogens with one attached hydrogen (secondary N) is 1. The van der Waals surface area contributed by atoms with Gasteiger partial charge in [0.05, 0.1) is 15.7 Å². The second-order valence-electron chi connectivity index (χ2n) is 6.20. The molecule has 160 valence electrons. The molecule has 3 N–H and O–H groups in total. The maximum absolute atomic E-state index is 14.4. The van der Waals surface area contributed by atoms with Crippen LogP contribution in [0.1, 0.15) is 12.0 Å². The van der Waals surface area contributed by atoms with E-state index in [-0.39, 0.29) is 28.7 Å². The number of thioether (sulfide) groups is 1. The maximum atomic E-state index is 14.4. The fourth-order valence-electron chi connectivity index (χ4n) is 2.63. The molecule has 4 amide bonds. The molecule has 0 saturated carbocycles. The minimum Gasteiger partial charge on any atom is -0.351 e. The predicted molar refractivity (Wildman–Crippen MR) is 121 cm³/mol. The van der Waals surface area contributed by atoms with Crippen molar-refractivity contribution in [2.75, 3.05) is 10.7 Å². The van der Waals surface area contributed by atoms with Gasteiger partial charge >= 0.3 is 6.03 Å². The molecular formula is C20H15Cl2FN4O3S. The van der Waals surface area contributed by atoms with Gasteiger partial charge in [-0.1, -0.05) is 53.2 Å². The van der Waals surface area contributed by atoms with E-state index < -0.39 is 23.7 Å². The van der Waals surface area contributed by atoms with E-state index in [2.05, 4.69) is 4.99 Å². The summed E-state index contributed by atoms with van der Waals surface area (Å²) in [6.07, 6.45) is 1.45. The molecule has 2 aromatic carbocycles. The van der Waals surface area contributed by atoms with E-state index >= 15 is 0 Å². The van der Waals surface area contributed by atoms with Crippen molar-refractivity contribution in [3.8, 4) is 0 Å². The van der Waals surface area contributed by atoms with Gasteiger partial charge < -0.3 is 5.73 Å². The molecule has 0 bridgehead atoms. The van der Waals surface area contributed by atoms with E-state index in [9.17, 15) is 18.8 Å². The Hall–Kier alpha value is -2.88. The first-order valence-corrected chi connectivity index (χ1v) is 10.6. The molecule has 0 unspecified atom stereocenters. The summed E-state index contributed by atoms with van der Waals surface area (Å²) >= 11 is 13.0.